The SMILES string of the molecule is CCc1nc(S/C(=C/c2ccccc2OCc2ccc(Cl)cc2)C(=O)O)n[nH]1. The number of halogens is 1. The van der Waals surface area contributed by atoms with E-state index in [1.54, 1.807) is 30.3 Å². The summed E-state index contributed by atoms with van der Waals surface area (Å²) in [5.41, 5.74) is 1.62. The standard InChI is InChI=1S/C20H18ClN3O3S/c1-2-18-22-20(24-23-18)28-17(19(25)26)11-14-5-3-4-6-16(14)27-12-13-7-9-15(21)10-8-13/h3-11H,2,12H2,1H3,(H,25,26)(H,22,23,24)/b17-11+. The minimum Gasteiger partial charge on any atom is -0.488 e. The van der Waals surface area contributed by atoms with Crippen molar-refractivity contribution in [3.63, 3.8) is 0 Å². The number of carboxylic acid groups (broad SMARTS) is 1. The van der Waals surface area contributed by atoms with Gasteiger partial charge in [0.1, 0.15) is 23.1 Å². The highest BCUT2D eigenvalue weighted by Crippen LogP contribution is 2.29. The van der Waals surface area contributed by atoms with Crippen LogP contribution in [0.4, 0.5) is 0 Å². The number of rotatable bonds is 8. The van der Waals surface area contributed by atoms with Gasteiger partial charge in [0.2, 0.25) is 5.16 Å². The summed E-state index contributed by atoms with van der Waals surface area (Å²) < 4.78 is 5.89. The highest BCUT2D eigenvalue weighted by Gasteiger charge is 2.14. The van der Waals surface area contributed by atoms with Crippen molar-refractivity contribution in [2.45, 2.75) is 25.1 Å². The van der Waals surface area contributed by atoms with E-state index >= 15 is 0 Å². The maximum Gasteiger partial charge on any atom is 0.342 e. The van der Waals surface area contributed by atoms with Crippen LogP contribution in [0, 0.1) is 0 Å². The lowest BCUT2D eigenvalue weighted by Gasteiger charge is -2.10. The number of carbonyl (C=O) groups is 1. The third-order valence-corrected chi connectivity index (χ3v) is 4.90. The summed E-state index contributed by atoms with van der Waals surface area (Å²) in [6.07, 6.45) is 2.26. The molecule has 144 valence electrons. The van der Waals surface area contributed by atoms with E-state index in [0.29, 0.717) is 40.3 Å². The number of aliphatic carboxylic acids is 1. The van der Waals surface area contributed by atoms with E-state index in [0.717, 1.165) is 17.3 Å². The molecule has 0 radical (unpaired) electrons. The second-order valence-corrected chi connectivity index (χ2v) is 7.23. The lowest BCUT2D eigenvalue weighted by Crippen LogP contribution is -1.99. The van der Waals surface area contributed by atoms with Gasteiger partial charge in [0, 0.05) is 17.0 Å². The number of nitrogens with one attached hydrogen (secondary N) is 1. The summed E-state index contributed by atoms with van der Waals surface area (Å²) in [6, 6.07) is 14.6. The van der Waals surface area contributed by atoms with E-state index in [1.807, 2.05) is 31.2 Å². The maximum absolute atomic E-state index is 11.7. The molecule has 1 aromatic heterocycles. The van der Waals surface area contributed by atoms with Gasteiger partial charge in [-0.25, -0.2) is 9.78 Å². The number of para-hydroxylation sites is 1. The van der Waals surface area contributed by atoms with Gasteiger partial charge in [-0.3, -0.25) is 5.10 Å². The van der Waals surface area contributed by atoms with Crippen LogP contribution in [0.3, 0.4) is 0 Å². The first-order valence-corrected chi connectivity index (χ1v) is 9.75. The molecular weight excluding hydrogens is 398 g/mol. The Labute approximate surface area is 171 Å². The molecule has 2 aromatic carbocycles. The number of hydrogen-bond acceptors (Lipinski definition) is 5. The average molecular weight is 416 g/mol. The van der Waals surface area contributed by atoms with E-state index in [4.69, 9.17) is 16.3 Å². The predicted octanol–water partition coefficient (Wildman–Crippen LogP) is 4.82. The van der Waals surface area contributed by atoms with Crippen molar-refractivity contribution < 1.29 is 14.6 Å². The molecule has 0 aliphatic carbocycles. The second kappa shape index (κ2) is 9.43. The van der Waals surface area contributed by atoms with Crippen LogP contribution in [-0.4, -0.2) is 26.3 Å². The average Bonchev–Trinajstić information content (AvgIpc) is 3.15. The number of H-pyrrole nitrogens is 1. The Morgan fingerprint density at radius 2 is 2.00 bits per heavy atom. The Kier molecular flexibility index (Phi) is 6.73. The first kappa shape index (κ1) is 20.0. The molecule has 0 spiro atoms. The summed E-state index contributed by atoms with van der Waals surface area (Å²) in [4.78, 5) is 16.0. The number of benzene rings is 2. The number of nitrogens with zero attached hydrogens (tertiary/aromatic N) is 2. The number of thioether (sulfide) groups is 1. The Morgan fingerprint density at radius 1 is 1.25 bits per heavy atom. The number of hydrogen-bond donors (Lipinski definition) is 2. The Hall–Kier alpha value is -2.77. The first-order chi connectivity index (χ1) is 13.5. The Bertz CT molecular complexity index is 986. The molecular formula is C20H18ClN3O3S. The molecule has 0 atom stereocenters. The first-order valence-electron chi connectivity index (χ1n) is 8.55. The zero-order chi connectivity index (χ0) is 19.9. The van der Waals surface area contributed by atoms with Crippen molar-refractivity contribution in [3.05, 3.63) is 75.4 Å². The van der Waals surface area contributed by atoms with Crippen LogP contribution >= 0.6 is 23.4 Å². The van der Waals surface area contributed by atoms with E-state index in [-0.39, 0.29) is 4.91 Å². The van der Waals surface area contributed by atoms with Gasteiger partial charge >= 0.3 is 5.97 Å². The van der Waals surface area contributed by atoms with E-state index in [1.165, 1.54) is 0 Å². The van der Waals surface area contributed by atoms with Gasteiger partial charge < -0.3 is 9.84 Å². The molecule has 28 heavy (non-hydrogen) atoms. The monoisotopic (exact) mass is 415 g/mol. The lowest BCUT2D eigenvalue weighted by molar-refractivity contribution is -0.131. The van der Waals surface area contributed by atoms with Crippen molar-refractivity contribution in [1.82, 2.24) is 15.2 Å². The van der Waals surface area contributed by atoms with Gasteiger partial charge in [-0.05, 0) is 41.6 Å². The minimum absolute atomic E-state index is 0.101. The van der Waals surface area contributed by atoms with E-state index < -0.39 is 5.97 Å². The van der Waals surface area contributed by atoms with Crippen molar-refractivity contribution in [2.75, 3.05) is 0 Å². The molecule has 0 fully saturated rings. The minimum atomic E-state index is -1.06. The zero-order valence-electron chi connectivity index (χ0n) is 15.1. The van der Waals surface area contributed by atoms with Crippen LogP contribution in [0.15, 0.2) is 58.6 Å². The maximum atomic E-state index is 11.7. The molecule has 3 rings (SSSR count). The number of aromatic nitrogens is 3. The third-order valence-electron chi connectivity index (χ3n) is 3.77. The van der Waals surface area contributed by atoms with Gasteiger partial charge in [-0.1, -0.05) is 48.9 Å². The van der Waals surface area contributed by atoms with Crippen molar-refractivity contribution in [3.8, 4) is 5.75 Å². The normalized spacial score (nSPS) is 11.4. The number of aryl methyl sites for hydroxylation is 1. The summed E-state index contributed by atoms with van der Waals surface area (Å²) in [5.74, 6) is 0.236. The van der Waals surface area contributed by atoms with E-state index in [9.17, 15) is 9.90 Å². The third kappa shape index (κ3) is 5.37. The number of ether oxygens (including phenoxy) is 1. The van der Waals surface area contributed by atoms with E-state index in [2.05, 4.69) is 15.2 Å². The molecule has 2 N–H and O–H groups in total. The van der Waals surface area contributed by atoms with Crippen LogP contribution in [0.25, 0.3) is 6.08 Å². The summed E-state index contributed by atoms with van der Waals surface area (Å²) in [5, 5.41) is 17.4. The fraction of sp³-hybridized carbons (Fsp3) is 0.150. The largest absolute Gasteiger partial charge is 0.488 e. The van der Waals surface area contributed by atoms with Gasteiger partial charge in [0.05, 0.1) is 0 Å². The molecule has 0 saturated carbocycles. The predicted molar refractivity (Wildman–Crippen MR) is 109 cm³/mol. The zero-order valence-corrected chi connectivity index (χ0v) is 16.6. The van der Waals surface area contributed by atoms with Gasteiger partial charge in [-0.2, -0.15) is 0 Å². The quantitative estimate of drug-likeness (QED) is 0.405. The van der Waals surface area contributed by atoms with Crippen molar-refractivity contribution in [2.24, 2.45) is 0 Å². The fourth-order valence-electron chi connectivity index (χ4n) is 2.33. The number of carboxylic acids is 1. The van der Waals surface area contributed by atoms with Crippen molar-refractivity contribution >= 4 is 35.4 Å². The molecule has 0 amide bonds. The van der Waals surface area contributed by atoms with Crippen LogP contribution in [0.5, 0.6) is 5.75 Å². The highest BCUT2D eigenvalue weighted by molar-refractivity contribution is 8.04. The Balaban J connectivity index is 1.80. The molecule has 0 saturated heterocycles. The van der Waals surface area contributed by atoms with Crippen LogP contribution < -0.4 is 4.74 Å². The smallest absolute Gasteiger partial charge is 0.342 e. The van der Waals surface area contributed by atoms with Gasteiger partial charge in [0.15, 0.2) is 0 Å². The Morgan fingerprint density at radius 3 is 2.68 bits per heavy atom. The highest BCUT2D eigenvalue weighted by atomic mass is 35.5. The van der Waals surface area contributed by atoms with Crippen LogP contribution in [-0.2, 0) is 17.8 Å². The van der Waals surface area contributed by atoms with Crippen LogP contribution in [0.2, 0.25) is 5.02 Å². The fourth-order valence-corrected chi connectivity index (χ4v) is 3.17. The van der Waals surface area contributed by atoms with Gasteiger partial charge in [0.25, 0.3) is 0 Å². The van der Waals surface area contributed by atoms with Gasteiger partial charge in [-0.15, -0.1) is 5.10 Å². The topological polar surface area (TPSA) is 88.1 Å². The molecule has 0 unspecified atom stereocenters. The molecule has 6 nitrogen and oxygen atoms in total. The molecule has 0 aliphatic rings. The molecule has 8 heteroatoms. The molecule has 3 aromatic rings. The van der Waals surface area contributed by atoms with Crippen LogP contribution in [0.1, 0.15) is 23.9 Å². The lowest BCUT2D eigenvalue weighted by atomic mass is 10.2. The molecule has 0 bridgehead atoms. The summed E-state index contributed by atoms with van der Waals surface area (Å²) in [6.45, 7) is 2.29. The summed E-state index contributed by atoms with van der Waals surface area (Å²) in [7, 11) is 0. The molecule has 0 aliphatic heterocycles. The van der Waals surface area contributed by atoms with Crippen molar-refractivity contribution in [1.29, 1.82) is 0 Å². The summed E-state index contributed by atoms with van der Waals surface area (Å²) >= 11 is 6.89. The second-order valence-electron chi connectivity index (χ2n) is 5.79. The number of aromatic amines is 1. The molecule has 1 heterocycles.